The number of rotatable bonds is 7. The molecule has 4 amide bonds. The maximum atomic E-state index is 12.7. The lowest BCUT2D eigenvalue weighted by Gasteiger charge is -2.18. The molecule has 1 N–H and O–H groups in total. The Kier molecular flexibility index (Phi) is 7.92. The van der Waals surface area contributed by atoms with Gasteiger partial charge in [-0.15, -0.1) is 0 Å². The van der Waals surface area contributed by atoms with Crippen molar-refractivity contribution in [3.8, 4) is 5.75 Å². The second-order valence-corrected chi connectivity index (χ2v) is 10.0. The summed E-state index contributed by atoms with van der Waals surface area (Å²) in [4.78, 5) is 52.6. The molecule has 0 atom stereocenters. The van der Waals surface area contributed by atoms with E-state index >= 15 is 0 Å². The average Bonchev–Trinajstić information content (AvgIpc) is 3.45. The molecule has 8 nitrogen and oxygen atoms in total. The van der Waals surface area contributed by atoms with Crippen LogP contribution in [0.5, 0.6) is 5.75 Å². The highest BCUT2D eigenvalue weighted by atomic mass is 79.9. The molecule has 35 heavy (non-hydrogen) atoms. The first kappa shape index (κ1) is 25.0. The van der Waals surface area contributed by atoms with E-state index in [0.717, 1.165) is 40.8 Å². The number of nitrogens with one attached hydrogen (secondary N) is 1. The van der Waals surface area contributed by atoms with E-state index in [1.807, 2.05) is 31.2 Å². The minimum absolute atomic E-state index is 0.170. The molecule has 0 radical (unpaired) electrons. The number of aryl methyl sites for hydroxylation is 1. The summed E-state index contributed by atoms with van der Waals surface area (Å²) in [7, 11) is 0. The number of benzene rings is 2. The van der Waals surface area contributed by atoms with Gasteiger partial charge in [-0.2, -0.15) is 0 Å². The maximum absolute atomic E-state index is 12.7. The summed E-state index contributed by atoms with van der Waals surface area (Å²) in [6, 6.07) is 12.6. The van der Waals surface area contributed by atoms with Gasteiger partial charge in [0, 0.05) is 18.8 Å². The molecule has 10 heteroatoms. The van der Waals surface area contributed by atoms with Crippen LogP contribution in [0.1, 0.15) is 24.0 Å². The highest BCUT2D eigenvalue weighted by Crippen LogP contribution is 2.34. The Morgan fingerprint density at radius 3 is 2.60 bits per heavy atom. The van der Waals surface area contributed by atoms with Crippen LogP contribution in [0.15, 0.2) is 51.8 Å². The van der Waals surface area contributed by atoms with Crippen molar-refractivity contribution >= 4 is 62.4 Å². The average molecular weight is 558 g/mol. The van der Waals surface area contributed by atoms with Gasteiger partial charge in [-0.1, -0.05) is 24.3 Å². The van der Waals surface area contributed by atoms with Crippen molar-refractivity contribution in [2.75, 3.05) is 31.6 Å². The summed E-state index contributed by atoms with van der Waals surface area (Å²) >= 11 is 4.24. The van der Waals surface area contributed by atoms with Crippen molar-refractivity contribution in [1.29, 1.82) is 0 Å². The Balaban J connectivity index is 1.36. The highest BCUT2D eigenvalue weighted by molar-refractivity contribution is 9.10. The van der Waals surface area contributed by atoms with Gasteiger partial charge in [0.05, 0.1) is 9.38 Å². The molecule has 0 aromatic heterocycles. The Morgan fingerprint density at radius 2 is 1.89 bits per heavy atom. The molecule has 2 fully saturated rings. The number of anilines is 1. The number of hydrogen-bond donors (Lipinski definition) is 1. The smallest absolute Gasteiger partial charge is 0.294 e. The fraction of sp³-hybridized carbons (Fsp3) is 0.280. The van der Waals surface area contributed by atoms with Gasteiger partial charge in [0.15, 0.2) is 6.61 Å². The minimum Gasteiger partial charge on any atom is -0.483 e. The number of hydrogen-bond acceptors (Lipinski definition) is 6. The zero-order valence-corrected chi connectivity index (χ0v) is 21.5. The minimum atomic E-state index is -0.475. The van der Waals surface area contributed by atoms with E-state index in [9.17, 15) is 19.2 Å². The molecule has 0 unspecified atom stereocenters. The number of para-hydroxylation sites is 1. The van der Waals surface area contributed by atoms with Crippen LogP contribution in [-0.2, 0) is 14.4 Å². The number of likely N-dealkylation sites (tertiary alicyclic amines) is 1. The van der Waals surface area contributed by atoms with Gasteiger partial charge in [0.1, 0.15) is 12.3 Å². The number of thioether (sulfide) groups is 1. The number of halogens is 1. The van der Waals surface area contributed by atoms with Crippen LogP contribution in [0, 0.1) is 6.92 Å². The summed E-state index contributed by atoms with van der Waals surface area (Å²) in [5.41, 5.74) is 2.35. The SMILES string of the molecule is Cc1ccccc1NC(=O)COc1ccc(/C=C2\SC(=O)N(CC(=O)N3CCCC3)C2=O)cc1Br. The third kappa shape index (κ3) is 6.12. The van der Waals surface area contributed by atoms with E-state index in [0.29, 0.717) is 28.9 Å². The number of ether oxygens (including phenoxy) is 1. The van der Waals surface area contributed by atoms with Crippen LogP contribution < -0.4 is 10.1 Å². The molecule has 0 saturated carbocycles. The first-order valence-electron chi connectivity index (χ1n) is 11.1. The van der Waals surface area contributed by atoms with Crippen molar-refractivity contribution < 1.29 is 23.9 Å². The van der Waals surface area contributed by atoms with Gasteiger partial charge in [-0.25, -0.2) is 0 Å². The molecular weight excluding hydrogens is 534 g/mol. The first-order valence-corrected chi connectivity index (χ1v) is 12.7. The van der Waals surface area contributed by atoms with E-state index < -0.39 is 11.1 Å². The summed E-state index contributed by atoms with van der Waals surface area (Å²) < 4.78 is 6.22. The number of carbonyl (C=O) groups excluding carboxylic acids is 4. The largest absolute Gasteiger partial charge is 0.483 e. The topological polar surface area (TPSA) is 96.0 Å². The molecule has 0 bridgehead atoms. The van der Waals surface area contributed by atoms with Crippen molar-refractivity contribution in [3.63, 3.8) is 0 Å². The predicted octanol–water partition coefficient (Wildman–Crippen LogP) is 4.43. The number of carbonyl (C=O) groups is 4. The van der Waals surface area contributed by atoms with E-state index in [1.165, 1.54) is 0 Å². The lowest BCUT2D eigenvalue weighted by molar-refractivity contribution is -0.135. The monoisotopic (exact) mass is 557 g/mol. The van der Waals surface area contributed by atoms with Gasteiger partial charge >= 0.3 is 0 Å². The highest BCUT2D eigenvalue weighted by Gasteiger charge is 2.37. The van der Waals surface area contributed by atoms with Crippen LogP contribution in [-0.4, -0.2) is 59.0 Å². The summed E-state index contributed by atoms with van der Waals surface area (Å²) in [6.45, 7) is 2.84. The zero-order chi connectivity index (χ0) is 24.9. The molecule has 4 rings (SSSR count). The second kappa shape index (κ2) is 11.1. The molecule has 2 heterocycles. The lowest BCUT2D eigenvalue weighted by Crippen LogP contribution is -2.40. The fourth-order valence-corrected chi connectivity index (χ4v) is 5.11. The Labute approximate surface area is 215 Å². The second-order valence-electron chi connectivity index (χ2n) is 8.20. The van der Waals surface area contributed by atoms with E-state index in [2.05, 4.69) is 21.2 Å². The third-order valence-electron chi connectivity index (χ3n) is 5.66. The Bertz CT molecular complexity index is 1210. The lowest BCUT2D eigenvalue weighted by atomic mass is 10.2. The number of nitrogens with zero attached hydrogens (tertiary/aromatic N) is 2. The molecular formula is C25H24BrN3O5S. The molecule has 2 saturated heterocycles. The van der Waals surface area contributed by atoms with Gasteiger partial charge in [0.2, 0.25) is 5.91 Å². The molecule has 0 spiro atoms. The van der Waals surface area contributed by atoms with E-state index in [1.54, 1.807) is 29.2 Å². The standard InChI is InChI=1S/C25H24BrN3O5S/c1-16-6-2-3-7-19(16)27-22(30)15-34-20-9-8-17(12-18(20)26)13-21-24(32)29(25(33)35-21)14-23(31)28-10-4-5-11-28/h2-3,6-9,12-13H,4-5,10-11,14-15H2,1H3,(H,27,30)/b21-13-. The quantitative estimate of drug-likeness (QED) is 0.506. The fourth-order valence-electron chi connectivity index (χ4n) is 3.76. The maximum Gasteiger partial charge on any atom is 0.294 e. The predicted molar refractivity (Wildman–Crippen MR) is 138 cm³/mol. The van der Waals surface area contributed by atoms with E-state index in [4.69, 9.17) is 4.74 Å². The number of imide groups is 1. The Morgan fingerprint density at radius 1 is 1.14 bits per heavy atom. The van der Waals surface area contributed by atoms with Crippen LogP contribution in [0.3, 0.4) is 0 Å². The zero-order valence-electron chi connectivity index (χ0n) is 19.1. The van der Waals surface area contributed by atoms with Crippen LogP contribution in [0.4, 0.5) is 10.5 Å². The summed E-state index contributed by atoms with van der Waals surface area (Å²) in [6.07, 6.45) is 3.49. The van der Waals surface area contributed by atoms with Crippen LogP contribution in [0.25, 0.3) is 6.08 Å². The molecule has 2 aliphatic rings. The van der Waals surface area contributed by atoms with Crippen molar-refractivity contribution in [2.45, 2.75) is 19.8 Å². The molecule has 0 aliphatic carbocycles. The third-order valence-corrected chi connectivity index (χ3v) is 7.18. The molecule has 2 aromatic rings. The van der Waals surface area contributed by atoms with Crippen LogP contribution >= 0.6 is 27.7 Å². The van der Waals surface area contributed by atoms with Gasteiger partial charge in [-0.05, 0) is 82.9 Å². The van der Waals surface area contributed by atoms with Crippen LogP contribution in [0.2, 0.25) is 0 Å². The summed E-state index contributed by atoms with van der Waals surface area (Å²) in [5.74, 6) is -0.502. The normalized spacial score (nSPS) is 16.8. The van der Waals surface area contributed by atoms with Gasteiger partial charge in [-0.3, -0.25) is 24.1 Å². The van der Waals surface area contributed by atoms with Crippen molar-refractivity contribution in [1.82, 2.24) is 9.80 Å². The van der Waals surface area contributed by atoms with Crippen molar-refractivity contribution in [3.05, 3.63) is 63.0 Å². The van der Waals surface area contributed by atoms with Crippen molar-refractivity contribution in [2.24, 2.45) is 0 Å². The Hall–Kier alpha value is -3.11. The van der Waals surface area contributed by atoms with E-state index in [-0.39, 0.29) is 29.9 Å². The number of amides is 4. The van der Waals surface area contributed by atoms with Gasteiger partial charge in [0.25, 0.3) is 17.1 Å². The summed E-state index contributed by atoms with van der Waals surface area (Å²) in [5, 5.41) is 2.36. The first-order chi connectivity index (χ1) is 16.8. The van der Waals surface area contributed by atoms with Gasteiger partial charge < -0.3 is 15.0 Å². The molecule has 2 aromatic carbocycles. The molecule has 2 aliphatic heterocycles. The molecule has 182 valence electrons.